The van der Waals surface area contributed by atoms with Gasteiger partial charge in [-0.25, -0.2) is 0 Å². The molecule has 130 valence electrons. The number of hydrogen-bond donors (Lipinski definition) is 3. The minimum Gasteiger partial charge on any atom is -0.396 e. The molecule has 0 aliphatic heterocycles. The summed E-state index contributed by atoms with van der Waals surface area (Å²) < 4.78 is 0. The van der Waals surface area contributed by atoms with E-state index < -0.39 is 6.04 Å². The van der Waals surface area contributed by atoms with Gasteiger partial charge >= 0.3 is 0 Å². The highest BCUT2D eigenvalue weighted by atomic mass is 16.3. The topological polar surface area (TPSA) is 78.4 Å². The Morgan fingerprint density at radius 3 is 2.62 bits per heavy atom. The third-order valence-electron chi connectivity index (χ3n) is 4.17. The molecule has 0 spiro atoms. The molecule has 24 heavy (non-hydrogen) atoms. The molecule has 0 saturated heterocycles. The van der Waals surface area contributed by atoms with Gasteiger partial charge < -0.3 is 15.7 Å². The van der Waals surface area contributed by atoms with Crippen molar-refractivity contribution in [2.24, 2.45) is 5.92 Å². The van der Waals surface area contributed by atoms with Gasteiger partial charge in [0, 0.05) is 18.6 Å². The van der Waals surface area contributed by atoms with Crippen molar-refractivity contribution in [3.05, 3.63) is 48.0 Å². The second-order valence-corrected chi connectivity index (χ2v) is 6.25. The SMILES string of the molecule is CCCC(NC(=O)Cc1ccccc1)C(=O)N[C@@H]1C=C[C@H](CO)C1. The van der Waals surface area contributed by atoms with Crippen LogP contribution < -0.4 is 10.6 Å². The first-order valence-electron chi connectivity index (χ1n) is 8.55. The number of benzene rings is 1. The van der Waals surface area contributed by atoms with Gasteiger partial charge in [0.1, 0.15) is 6.04 Å². The lowest BCUT2D eigenvalue weighted by Gasteiger charge is -2.20. The molecule has 2 amide bonds. The van der Waals surface area contributed by atoms with Crippen LogP contribution in [0.4, 0.5) is 0 Å². The molecular weight excluding hydrogens is 304 g/mol. The van der Waals surface area contributed by atoms with Gasteiger partial charge in [-0.3, -0.25) is 9.59 Å². The van der Waals surface area contributed by atoms with E-state index in [1.54, 1.807) is 0 Å². The summed E-state index contributed by atoms with van der Waals surface area (Å²) in [6.45, 7) is 2.08. The van der Waals surface area contributed by atoms with E-state index in [1.165, 1.54) is 0 Å². The van der Waals surface area contributed by atoms with Gasteiger partial charge in [0.05, 0.1) is 6.42 Å². The maximum atomic E-state index is 12.4. The molecule has 0 fully saturated rings. The zero-order chi connectivity index (χ0) is 17.4. The minimum atomic E-state index is -0.521. The van der Waals surface area contributed by atoms with Crippen LogP contribution in [-0.4, -0.2) is 35.6 Å². The molecule has 5 heteroatoms. The number of aliphatic hydroxyl groups excluding tert-OH is 1. The van der Waals surface area contributed by atoms with E-state index >= 15 is 0 Å². The van der Waals surface area contributed by atoms with Gasteiger partial charge in [-0.15, -0.1) is 0 Å². The van der Waals surface area contributed by atoms with E-state index in [1.807, 2.05) is 49.4 Å². The predicted octanol–water partition coefficient (Wildman–Crippen LogP) is 1.57. The summed E-state index contributed by atoms with van der Waals surface area (Å²) in [5.74, 6) is -0.205. The van der Waals surface area contributed by atoms with E-state index in [-0.39, 0.29) is 36.8 Å². The molecule has 0 radical (unpaired) electrons. The Bertz CT molecular complexity index is 571. The second kappa shape index (κ2) is 9.23. The number of rotatable bonds is 8. The van der Waals surface area contributed by atoms with Crippen molar-refractivity contribution >= 4 is 11.8 Å². The van der Waals surface area contributed by atoms with Crippen molar-refractivity contribution in [1.82, 2.24) is 10.6 Å². The van der Waals surface area contributed by atoms with Crippen LogP contribution in [0.25, 0.3) is 0 Å². The smallest absolute Gasteiger partial charge is 0.243 e. The first-order valence-corrected chi connectivity index (χ1v) is 8.55. The molecule has 0 saturated carbocycles. The molecule has 0 aromatic heterocycles. The Kier molecular flexibility index (Phi) is 7.00. The summed E-state index contributed by atoms with van der Waals surface area (Å²) in [5.41, 5.74) is 0.926. The summed E-state index contributed by atoms with van der Waals surface area (Å²) >= 11 is 0. The molecule has 1 aromatic rings. The third kappa shape index (κ3) is 5.49. The molecule has 1 aliphatic carbocycles. The van der Waals surface area contributed by atoms with E-state index in [9.17, 15) is 9.59 Å². The Hall–Kier alpha value is -2.14. The number of hydrogen-bond acceptors (Lipinski definition) is 3. The zero-order valence-corrected chi connectivity index (χ0v) is 14.1. The van der Waals surface area contributed by atoms with Gasteiger partial charge in [-0.1, -0.05) is 55.8 Å². The molecule has 1 aliphatic rings. The van der Waals surface area contributed by atoms with Gasteiger partial charge in [-0.2, -0.15) is 0 Å². The van der Waals surface area contributed by atoms with Crippen LogP contribution in [0.1, 0.15) is 31.7 Å². The van der Waals surface area contributed by atoms with Crippen LogP contribution in [-0.2, 0) is 16.0 Å². The molecule has 0 bridgehead atoms. The highest BCUT2D eigenvalue weighted by Crippen LogP contribution is 2.17. The Morgan fingerprint density at radius 2 is 2.00 bits per heavy atom. The first kappa shape index (κ1) is 18.2. The first-order chi connectivity index (χ1) is 11.6. The van der Waals surface area contributed by atoms with Crippen LogP contribution in [0.3, 0.4) is 0 Å². The van der Waals surface area contributed by atoms with Crippen LogP contribution in [0.2, 0.25) is 0 Å². The number of nitrogens with one attached hydrogen (secondary N) is 2. The average Bonchev–Trinajstić information content (AvgIpc) is 3.03. The van der Waals surface area contributed by atoms with E-state index in [0.29, 0.717) is 12.8 Å². The predicted molar refractivity (Wildman–Crippen MR) is 93.2 cm³/mol. The molecule has 3 N–H and O–H groups in total. The largest absolute Gasteiger partial charge is 0.396 e. The van der Waals surface area contributed by atoms with Gasteiger partial charge in [0.2, 0.25) is 11.8 Å². The molecule has 0 heterocycles. The Morgan fingerprint density at radius 1 is 1.25 bits per heavy atom. The van der Waals surface area contributed by atoms with Crippen LogP contribution in [0.15, 0.2) is 42.5 Å². The fourth-order valence-electron chi connectivity index (χ4n) is 2.88. The van der Waals surface area contributed by atoms with Crippen LogP contribution in [0, 0.1) is 5.92 Å². The minimum absolute atomic E-state index is 0.0694. The normalized spacial score (nSPS) is 20.6. The summed E-state index contributed by atoms with van der Waals surface area (Å²) in [5, 5.41) is 14.9. The number of aliphatic hydroxyl groups is 1. The van der Waals surface area contributed by atoms with E-state index in [0.717, 1.165) is 12.0 Å². The zero-order valence-electron chi connectivity index (χ0n) is 14.1. The summed E-state index contributed by atoms with van der Waals surface area (Å²) in [7, 11) is 0. The third-order valence-corrected chi connectivity index (χ3v) is 4.17. The maximum Gasteiger partial charge on any atom is 0.243 e. The molecular formula is C19H26N2O3. The molecule has 1 unspecified atom stereocenters. The van der Waals surface area contributed by atoms with Gasteiger partial charge in [0.25, 0.3) is 0 Å². The Balaban J connectivity index is 1.87. The summed E-state index contributed by atoms with van der Waals surface area (Å²) in [4.78, 5) is 24.6. The maximum absolute atomic E-state index is 12.4. The van der Waals surface area contributed by atoms with Crippen molar-refractivity contribution in [2.45, 2.75) is 44.7 Å². The van der Waals surface area contributed by atoms with E-state index in [2.05, 4.69) is 10.6 Å². The van der Waals surface area contributed by atoms with E-state index in [4.69, 9.17) is 5.11 Å². The summed E-state index contributed by atoms with van der Waals surface area (Å²) in [6.07, 6.45) is 6.22. The summed E-state index contributed by atoms with van der Waals surface area (Å²) in [6, 6.07) is 8.89. The van der Waals surface area contributed by atoms with Crippen molar-refractivity contribution in [3.8, 4) is 0 Å². The van der Waals surface area contributed by atoms with Crippen molar-refractivity contribution in [2.75, 3.05) is 6.61 Å². The highest BCUT2D eigenvalue weighted by Gasteiger charge is 2.25. The molecule has 2 rings (SSSR count). The molecule has 3 atom stereocenters. The molecule has 1 aromatic carbocycles. The Labute approximate surface area is 143 Å². The quantitative estimate of drug-likeness (QED) is 0.633. The monoisotopic (exact) mass is 330 g/mol. The van der Waals surface area contributed by atoms with Gasteiger partial charge in [0.15, 0.2) is 0 Å². The van der Waals surface area contributed by atoms with Crippen LogP contribution >= 0.6 is 0 Å². The number of carbonyl (C=O) groups excluding carboxylic acids is 2. The van der Waals surface area contributed by atoms with Crippen molar-refractivity contribution in [3.63, 3.8) is 0 Å². The highest BCUT2D eigenvalue weighted by molar-refractivity contribution is 5.88. The van der Waals surface area contributed by atoms with Gasteiger partial charge in [-0.05, 0) is 18.4 Å². The second-order valence-electron chi connectivity index (χ2n) is 6.25. The lowest BCUT2D eigenvalue weighted by atomic mass is 10.1. The van der Waals surface area contributed by atoms with Crippen molar-refractivity contribution < 1.29 is 14.7 Å². The lowest BCUT2D eigenvalue weighted by molar-refractivity contribution is -0.129. The van der Waals surface area contributed by atoms with Crippen molar-refractivity contribution in [1.29, 1.82) is 0 Å². The average molecular weight is 330 g/mol. The van der Waals surface area contributed by atoms with Crippen LogP contribution in [0.5, 0.6) is 0 Å². The fourth-order valence-corrected chi connectivity index (χ4v) is 2.88. The number of amides is 2. The number of carbonyl (C=O) groups is 2. The standard InChI is InChI=1S/C19H26N2O3/c1-2-6-17(19(24)20-16-10-9-15(11-16)13-22)21-18(23)12-14-7-4-3-5-8-14/h3-5,7-10,15-17,22H,2,6,11-13H2,1H3,(H,20,24)(H,21,23)/t15-,16+,17?/m0/s1. The lowest BCUT2D eigenvalue weighted by Crippen LogP contribution is -2.49. The fraction of sp³-hybridized carbons (Fsp3) is 0.474. The molecule has 5 nitrogen and oxygen atoms in total.